The summed E-state index contributed by atoms with van der Waals surface area (Å²) in [5.74, 6) is 1.36. The van der Waals surface area contributed by atoms with Crippen molar-refractivity contribution in [2.45, 2.75) is 52.1 Å². The SMILES string of the molecule is CCCCCCOc1cccc(N2C(N)=NC(N)=NC2(C)C)c1. The maximum Gasteiger partial charge on any atom is 0.220 e. The summed E-state index contributed by atoms with van der Waals surface area (Å²) in [5.41, 5.74) is 12.1. The van der Waals surface area contributed by atoms with Gasteiger partial charge < -0.3 is 16.2 Å². The molecule has 0 atom stereocenters. The van der Waals surface area contributed by atoms with Gasteiger partial charge in [0.05, 0.1) is 6.61 Å². The standard InChI is InChI=1S/C17H27N5O/c1-4-5-6-7-11-23-14-10-8-9-13(12-14)22-16(19)20-15(18)21-17(22,2)3/h8-10,12H,4-7,11H2,1-3H3,(H4,18,19,20,21). The minimum atomic E-state index is -0.588. The van der Waals surface area contributed by atoms with Crippen LogP contribution in [0.25, 0.3) is 0 Å². The lowest BCUT2D eigenvalue weighted by Crippen LogP contribution is -2.54. The summed E-state index contributed by atoms with van der Waals surface area (Å²) in [4.78, 5) is 10.3. The molecular formula is C17H27N5O. The lowest BCUT2D eigenvalue weighted by molar-refractivity contribution is 0.305. The van der Waals surface area contributed by atoms with E-state index >= 15 is 0 Å². The summed E-state index contributed by atoms with van der Waals surface area (Å²) >= 11 is 0. The molecule has 0 aromatic heterocycles. The van der Waals surface area contributed by atoms with Crippen LogP contribution in [-0.4, -0.2) is 24.2 Å². The summed E-state index contributed by atoms with van der Waals surface area (Å²) in [6.07, 6.45) is 4.74. The molecule has 6 nitrogen and oxygen atoms in total. The number of rotatable bonds is 7. The zero-order chi connectivity index (χ0) is 16.9. The van der Waals surface area contributed by atoms with E-state index in [4.69, 9.17) is 16.2 Å². The fraction of sp³-hybridized carbons (Fsp3) is 0.529. The number of unbranched alkanes of at least 4 members (excludes halogenated alkanes) is 3. The molecule has 0 amide bonds. The van der Waals surface area contributed by atoms with Crippen LogP contribution < -0.4 is 21.1 Å². The highest BCUT2D eigenvalue weighted by atomic mass is 16.5. The lowest BCUT2D eigenvalue weighted by atomic mass is 10.1. The molecule has 0 saturated heterocycles. The van der Waals surface area contributed by atoms with E-state index in [2.05, 4.69) is 16.9 Å². The van der Waals surface area contributed by atoms with Crippen molar-refractivity contribution >= 4 is 17.6 Å². The predicted octanol–water partition coefficient (Wildman–Crippen LogP) is 2.83. The Balaban J connectivity index is 2.09. The van der Waals surface area contributed by atoms with Crippen molar-refractivity contribution in [2.24, 2.45) is 21.5 Å². The quantitative estimate of drug-likeness (QED) is 0.757. The van der Waals surface area contributed by atoms with Gasteiger partial charge in [-0.25, -0.2) is 4.99 Å². The molecule has 0 bridgehead atoms. The summed E-state index contributed by atoms with van der Waals surface area (Å²) in [5, 5.41) is 0. The molecule has 0 radical (unpaired) electrons. The van der Waals surface area contributed by atoms with Gasteiger partial charge in [-0.1, -0.05) is 32.3 Å². The number of nitrogens with zero attached hydrogens (tertiary/aromatic N) is 3. The molecule has 0 saturated carbocycles. The number of hydrogen-bond donors (Lipinski definition) is 2. The van der Waals surface area contributed by atoms with E-state index < -0.39 is 5.66 Å². The molecule has 4 N–H and O–H groups in total. The Morgan fingerprint density at radius 2 is 1.96 bits per heavy atom. The van der Waals surface area contributed by atoms with Gasteiger partial charge in [-0.2, -0.15) is 4.99 Å². The maximum absolute atomic E-state index is 6.06. The maximum atomic E-state index is 6.06. The molecule has 1 aromatic rings. The van der Waals surface area contributed by atoms with Gasteiger partial charge in [0.25, 0.3) is 0 Å². The van der Waals surface area contributed by atoms with Crippen molar-refractivity contribution in [3.05, 3.63) is 24.3 Å². The fourth-order valence-corrected chi connectivity index (χ4v) is 2.68. The van der Waals surface area contributed by atoms with Crippen LogP contribution in [0.2, 0.25) is 0 Å². The molecule has 0 aliphatic carbocycles. The summed E-state index contributed by atoms with van der Waals surface area (Å²) < 4.78 is 5.84. The second kappa shape index (κ2) is 7.35. The molecule has 23 heavy (non-hydrogen) atoms. The number of aliphatic imine (C=N–C) groups is 2. The fourth-order valence-electron chi connectivity index (χ4n) is 2.68. The average molecular weight is 317 g/mol. The molecule has 1 aliphatic heterocycles. The second-order valence-corrected chi connectivity index (χ2v) is 6.18. The van der Waals surface area contributed by atoms with E-state index in [-0.39, 0.29) is 5.96 Å². The van der Waals surface area contributed by atoms with Gasteiger partial charge in [0, 0.05) is 11.8 Å². The summed E-state index contributed by atoms with van der Waals surface area (Å²) in [6, 6.07) is 7.82. The molecular weight excluding hydrogens is 290 g/mol. The largest absolute Gasteiger partial charge is 0.494 e. The van der Waals surface area contributed by atoms with Crippen LogP contribution in [0, 0.1) is 0 Å². The first-order valence-corrected chi connectivity index (χ1v) is 8.16. The lowest BCUT2D eigenvalue weighted by Gasteiger charge is -2.38. The van der Waals surface area contributed by atoms with Crippen molar-refractivity contribution < 1.29 is 4.74 Å². The zero-order valence-electron chi connectivity index (χ0n) is 14.2. The van der Waals surface area contributed by atoms with E-state index in [0.29, 0.717) is 5.96 Å². The van der Waals surface area contributed by atoms with E-state index in [9.17, 15) is 0 Å². The van der Waals surface area contributed by atoms with E-state index in [1.807, 2.05) is 43.0 Å². The predicted molar refractivity (Wildman–Crippen MR) is 95.9 cm³/mol. The number of hydrogen-bond acceptors (Lipinski definition) is 6. The molecule has 126 valence electrons. The van der Waals surface area contributed by atoms with Crippen LogP contribution in [0.1, 0.15) is 46.5 Å². The molecule has 6 heteroatoms. The van der Waals surface area contributed by atoms with Gasteiger partial charge >= 0.3 is 0 Å². The van der Waals surface area contributed by atoms with Crippen LogP contribution in [0.4, 0.5) is 5.69 Å². The minimum Gasteiger partial charge on any atom is -0.494 e. The smallest absolute Gasteiger partial charge is 0.220 e. The molecule has 0 spiro atoms. The van der Waals surface area contributed by atoms with Crippen molar-refractivity contribution in [1.82, 2.24) is 0 Å². The monoisotopic (exact) mass is 317 g/mol. The number of anilines is 1. The van der Waals surface area contributed by atoms with E-state index in [1.54, 1.807) is 0 Å². The van der Waals surface area contributed by atoms with E-state index in [1.165, 1.54) is 19.3 Å². The van der Waals surface area contributed by atoms with Crippen LogP contribution in [0.15, 0.2) is 34.3 Å². The van der Waals surface area contributed by atoms with Crippen LogP contribution in [0.5, 0.6) is 5.75 Å². The van der Waals surface area contributed by atoms with Gasteiger partial charge in [-0.05, 0) is 32.4 Å². The third-order valence-electron chi connectivity index (χ3n) is 3.74. The molecule has 1 aromatic carbocycles. The Kier molecular flexibility index (Phi) is 5.47. The molecule has 1 heterocycles. The number of benzene rings is 1. The molecule has 0 unspecified atom stereocenters. The van der Waals surface area contributed by atoms with Gasteiger partial charge in [0.2, 0.25) is 11.9 Å². The summed E-state index contributed by atoms with van der Waals surface area (Å²) in [7, 11) is 0. The number of ether oxygens (including phenoxy) is 1. The summed E-state index contributed by atoms with van der Waals surface area (Å²) in [6.45, 7) is 6.81. The third kappa shape index (κ3) is 4.37. The highest BCUT2D eigenvalue weighted by Crippen LogP contribution is 2.29. The van der Waals surface area contributed by atoms with Crippen molar-refractivity contribution in [3.8, 4) is 5.75 Å². The number of nitrogens with two attached hydrogens (primary N) is 2. The topological polar surface area (TPSA) is 89.2 Å². The Morgan fingerprint density at radius 3 is 2.65 bits per heavy atom. The van der Waals surface area contributed by atoms with Gasteiger partial charge in [0.1, 0.15) is 11.4 Å². The molecule has 1 aliphatic rings. The van der Waals surface area contributed by atoms with Gasteiger partial charge in [-0.15, -0.1) is 0 Å². The first-order valence-electron chi connectivity index (χ1n) is 8.16. The van der Waals surface area contributed by atoms with Crippen molar-refractivity contribution in [1.29, 1.82) is 0 Å². The average Bonchev–Trinajstić information content (AvgIpc) is 2.45. The highest BCUT2D eigenvalue weighted by molar-refractivity contribution is 6.05. The van der Waals surface area contributed by atoms with Crippen molar-refractivity contribution in [3.63, 3.8) is 0 Å². The van der Waals surface area contributed by atoms with E-state index in [0.717, 1.165) is 24.5 Å². The Bertz CT molecular complexity index is 594. The second-order valence-electron chi connectivity index (χ2n) is 6.18. The third-order valence-corrected chi connectivity index (χ3v) is 3.74. The first kappa shape index (κ1) is 17.1. The van der Waals surface area contributed by atoms with Crippen LogP contribution in [-0.2, 0) is 0 Å². The Labute approximate surface area is 138 Å². The first-order chi connectivity index (χ1) is 10.9. The molecule has 2 rings (SSSR count). The zero-order valence-corrected chi connectivity index (χ0v) is 14.2. The number of guanidine groups is 2. The normalized spacial score (nSPS) is 16.7. The molecule has 0 fully saturated rings. The van der Waals surface area contributed by atoms with Crippen molar-refractivity contribution in [2.75, 3.05) is 11.5 Å². The minimum absolute atomic E-state index is 0.201. The Hall–Kier alpha value is -2.24. The van der Waals surface area contributed by atoms with Gasteiger partial charge in [0.15, 0.2) is 0 Å². The highest BCUT2D eigenvalue weighted by Gasteiger charge is 2.33. The Morgan fingerprint density at radius 1 is 1.17 bits per heavy atom. The van der Waals surface area contributed by atoms with Crippen LogP contribution in [0.3, 0.4) is 0 Å². The van der Waals surface area contributed by atoms with Crippen LogP contribution >= 0.6 is 0 Å². The van der Waals surface area contributed by atoms with Gasteiger partial charge in [-0.3, -0.25) is 4.90 Å².